The summed E-state index contributed by atoms with van der Waals surface area (Å²) < 4.78 is 68.0. The highest BCUT2D eigenvalue weighted by Crippen LogP contribution is 2.29. The van der Waals surface area contributed by atoms with Crippen molar-refractivity contribution in [2.24, 2.45) is 0 Å². The van der Waals surface area contributed by atoms with Crippen molar-refractivity contribution in [3.05, 3.63) is 54.3 Å². The summed E-state index contributed by atoms with van der Waals surface area (Å²) in [4.78, 5) is 18.1. The van der Waals surface area contributed by atoms with E-state index < -0.39 is 26.5 Å². The number of para-hydroxylation sites is 2. The molecule has 1 saturated heterocycles. The standard InChI is InChI=1S/C20H19F3N4O3S2/c21-14-5-1-4-8-17(14)32(29,30)26-11-9-25(10-12-26)18(28)13-27-16-7-3-2-6-15(16)24-20(27)31-19(22)23/h1-8,19H,9-13H2. The maximum atomic E-state index is 14.0. The van der Waals surface area contributed by atoms with Crippen molar-refractivity contribution in [2.75, 3.05) is 26.2 Å². The molecule has 12 heteroatoms. The number of nitrogens with zero attached hydrogens (tertiary/aromatic N) is 4. The Bertz CT molecular complexity index is 1240. The third kappa shape index (κ3) is 4.48. The topological polar surface area (TPSA) is 75.5 Å². The first-order valence-corrected chi connectivity index (χ1v) is 12.0. The molecule has 32 heavy (non-hydrogen) atoms. The third-order valence-corrected chi connectivity index (χ3v) is 7.79. The van der Waals surface area contributed by atoms with Crippen LogP contribution in [0.1, 0.15) is 0 Å². The highest BCUT2D eigenvalue weighted by Gasteiger charge is 2.32. The first kappa shape index (κ1) is 22.6. The minimum absolute atomic E-state index is 0.00568. The van der Waals surface area contributed by atoms with Crippen LogP contribution in [-0.2, 0) is 21.4 Å². The number of carbonyl (C=O) groups is 1. The smallest absolute Gasteiger partial charge is 0.291 e. The van der Waals surface area contributed by atoms with Gasteiger partial charge in [-0.1, -0.05) is 24.3 Å². The summed E-state index contributed by atoms with van der Waals surface area (Å²) in [6.07, 6.45) is 0. The molecule has 1 aliphatic rings. The second kappa shape index (κ2) is 9.12. The Morgan fingerprint density at radius 2 is 1.69 bits per heavy atom. The Balaban J connectivity index is 1.47. The predicted molar refractivity (Wildman–Crippen MR) is 113 cm³/mol. The second-order valence-corrected chi connectivity index (χ2v) is 9.93. The summed E-state index contributed by atoms with van der Waals surface area (Å²) in [6, 6.07) is 12.0. The minimum atomic E-state index is -4.02. The number of fused-ring (bicyclic) bond motifs is 1. The zero-order chi connectivity index (χ0) is 22.9. The lowest BCUT2D eigenvalue weighted by molar-refractivity contribution is -0.133. The number of rotatable bonds is 6. The molecule has 2 aromatic carbocycles. The number of alkyl halides is 2. The Morgan fingerprint density at radius 3 is 2.38 bits per heavy atom. The van der Waals surface area contributed by atoms with Gasteiger partial charge in [-0.15, -0.1) is 0 Å². The Labute approximate surface area is 186 Å². The highest BCUT2D eigenvalue weighted by molar-refractivity contribution is 7.99. The average Bonchev–Trinajstić information content (AvgIpc) is 3.10. The molecule has 1 amide bonds. The van der Waals surface area contributed by atoms with Gasteiger partial charge in [0, 0.05) is 26.2 Å². The van der Waals surface area contributed by atoms with Crippen LogP contribution in [0, 0.1) is 5.82 Å². The molecule has 170 valence electrons. The van der Waals surface area contributed by atoms with E-state index in [0.717, 1.165) is 10.4 Å². The van der Waals surface area contributed by atoms with Crippen LogP contribution in [0.15, 0.2) is 58.6 Å². The van der Waals surface area contributed by atoms with Gasteiger partial charge in [0.2, 0.25) is 15.9 Å². The molecular weight excluding hydrogens is 465 g/mol. The largest absolute Gasteiger partial charge is 0.339 e. The van der Waals surface area contributed by atoms with Gasteiger partial charge in [-0.3, -0.25) is 4.79 Å². The lowest BCUT2D eigenvalue weighted by Gasteiger charge is -2.34. The molecular formula is C20H19F3N4O3S2. The molecule has 0 bridgehead atoms. The number of imidazole rings is 1. The number of sulfonamides is 1. The highest BCUT2D eigenvalue weighted by atomic mass is 32.2. The van der Waals surface area contributed by atoms with E-state index in [1.165, 1.54) is 27.7 Å². The molecule has 1 fully saturated rings. The fourth-order valence-corrected chi connectivity index (χ4v) is 5.67. The zero-order valence-electron chi connectivity index (χ0n) is 16.7. The van der Waals surface area contributed by atoms with Gasteiger partial charge < -0.3 is 9.47 Å². The Kier molecular flexibility index (Phi) is 6.45. The second-order valence-electron chi connectivity index (χ2n) is 7.06. The summed E-state index contributed by atoms with van der Waals surface area (Å²) in [5.41, 5.74) is 1.06. The van der Waals surface area contributed by atoms with Crippen molar-refractivity contribution < 1.29 is 26.4 Å². The van der Waals surface area contributed by atoms with Crippen molar-refractivity contribution in [3.63, 3.8) is 0 Å². The molecule has 0 spiro atoms. The number of hydrogen-bond donors (Lipinski definition) is 0. The summed E-state index contributed by atoms with van der Waals surface area (Å²) in [6.45, 7) is 0.0278. The molecule has 7 nitrogen and oxygen atoms in total. The normalized spacial score (nSPS) is 15.6. The van der Waals surface area contributed by atoms with Crippen molar-refractivity contribution in [3.8, 4) is 0 Å². The van der Waals surface area contributed by atoms with Crippen LogP contribution >= 0.6 is 11.8 Å². The van der Waals surface area contributed by atoms with Crippen LogP contribution in [0.5, 0.6) is 0 Å². The maximum Gasteiger partial charge on any atom is 0.291 e. The van der Waals surface area contributed by atoms with Crippen molar-refractivity contribution in [1.29, 1.82) is 0 Å². The zero-order valence-corrected chi connectivity index (χ0v) is 18.3. The SMILES string of the molecule is O=C(Cn1c(SC(F)F)nc2ccccc21)N1CCN(S(=O)(=O)c2ccccc2F)CC1. The summed E-state index contributed by atoms with van der Waals surface area (Å²) in [7, 11) is -4.02. The van der Waals surface area contributed by atoms with Crippen LogP contribution in [-0.4, -0.2) is 65.0 Å². The van der Waals surface area contributed by atoms with E-state index in [1.807, 2.05) is 0 Å². The molecule has 0 saturated carbocycles. The number of thioether (sulfide) groups is 1. The van der Waals surface area contributed by atoms with Gasteiger partial charge >= 0.3 is 0 Å². The van der Waals surface area contributed by atoms with E-state index in [1.54, 1.807) is 24.3 Å². The molecule has 2 heterocycles. The number of piperazine rings is 1. The van der Waals surface area contributed by atoms with E-state index in [4.69, 9.17) is 0 Å². The van der Waals surface area contributed by atoms with E-state index in [9.17, 15) is 26.4 Å². The van der Waals surface area contributed by atoms with Gasteiger partial charge in [0.15, 0.2) is 5.16 Å². The van der Waals surface area contributed by atoms with Gasteiger partial charge in [0.25, 0.3) is 5.76 Å². The lowest BCUT2D eigenvalue weighted by Crippen LogP contribution is -2.51. The summed E-state index contributed by atoms with van der Waals surface area (Å²) in [5, 5.41) is 0.0373. The number of aromatic nitrogens is 2. The number of amides is 1. The third-order valence-electron chi connectivity index (χ3n) is 5.15. The van der Waals surface area contributed by atoms with Crippen LogP contribution in [0.2, 0.25) is 0 Å². The predicted octanol–water partition coefficient (Wildman–Crippen LogP) is 3.02. The summed E-state index contributed by atoms with van der Waals surface area (Å²) >= 11 is 0.267. The quantitative estimate of drug-likeness (QED) is 0.503. The van der Waals surface area contributed by atoms with E-state index in [-0.39, 0.29) is 55.5 Å². The van der Waals surface area contributed by atoms with Gasteiger partial charge in [-0.2, -0.15) is 13.1 Å². The molecule has 0 radical (unpaired) electrons. The van der Waals surface area contributed by atoms with Gasteiger partial charge in [-0.25, -0.2) is 17.8 Å². The average molecular weight is 485 g/mol. The van der Waals surface area contributed by atoms with Gasteiger partial charge in [0.1, 0.15) is 17.3 Å². The molecule has 0 atom stereocenters. The fourth-order valence-electron chi connectivity index (χ4n) is 3.58. The van der Waals surface area contributed by atoms with Crippen LogP contribution in [0.25, 0.3) is 11.0 Å². The first-order chi connectivity index (χ1) is 15.3. The summed E-state index contributed by atoms with van der Waals surface area (Å²) in [5.74, 6) is -3.86. The van der Waals surface area contributed by atoms with Crippen molar-refractivity contribution >= 4 is 38.7 Å². The van der Waals surface area contributed by atoms with Crippen LogP contribution < -0.4 is 0 Å². The molecule has 0 aliphatic carbocycles. The number of carbonyl (C=O) groups excluding carboxylic acids is 1. The monoisotopic (exact) mass is 484 g/mol. The number of hydrogen-bond acceptors (Lipinski definition) is 5. The van der Waals surface area contributed by atoms with Crippen LogP contribution in [0.3, 0.4) is 0 Å². The Morgan fingerprint density at radius 1 is 1.03 bits per heavy atom. The van der Waals surface area contributed by atoms with Crippen molar-refractivity contribution in [1.82, 2.24) is 18.8 Å². The lowest BCUT2D eigenvalue weighted by atomic mass is 10.3. The van der Waals surface area contributed by atoms with E-state index in [0.29, 0.717) is 11.0 Å². The minimum Gasteiger partial charge on any atom is -0.339 e. The first-order valence-electron chi connectivity index (χ1n) is 9.70. The molecule has 0 N–H and O–H groups in total. The van der Waals surface area contributed by atoms with Gasteiger partial charge in [0.05, 0.1) is 11.0 Å². The molecule has 0 unspecified atom stereocenters. The number of benzene rings is 2. The van der Waals surface area contributed by atoms with Gasteiger partial charge in [-0.05, 0) is 36.0 Å². The fraction of sp³-hybridized carbons (Fsp3) is 0.300. The number of halogens is 3. The molecule has 1 aromatic heterocycles. The maximum absolute atomic E-state index is 14.0. The Hall–Kier alpha value is -2.57. The molecule has 3 aromatic rings. The van der Waals surface area contributed by atoms with E-state index >= 15 is 0 Å². The molecule has 1 aliphatic heterocycles. The van der Waals surface area contributed by atoms with Crippen LogP contribution in [0.4, 0.5) is 13.2 Å². The van der Waals surface area contributed by atoms with E-state index in [2.05, 4.69) is 4.98 Å². The van der Waals surface area contributed by atoms with Crippen molar-refractivity contribution in [2.45, 2.75) is 22.4 Å². The molecule has 4 rings (SSSR count).